The quantitative estimate of drug-likeness (QED) is 0.436. The molecule has 0 saturated carbocycles. The molecule has 0 aliphatic carbocycles. The maximum absolute atomic E-state index is 6.34. The van der Waals surface area contributed by atoms with Crippen LogP contribution < -0.4 is 0 Å². The Bertz CT molecular complexity index is 103. The van der Waals surface area contributed by atoms with Gasteiger partial charge >= 0.3 is 0 Å². The lowest BCUT2D eigenvalue weighted by molar-refractivity contribution is 1.13. The predicted octanol–water partition coefficient (Wildman–Crippen LogP) is 3.13. The Kier molecular flexibility index (Phi) is 12.3. The summed E-state index contributed by atoms with van der Waals surface area (Å²) in [5, 5.41) is 3.02. The van der Waals surface area contributed by atoms with Crippen molar-refractivity contribution in [3.05, 3.63) is 24.4 Å². The van der Waals surface area contributed by atoms with E-state index in [0.717, 1.165) is 5.57 Å². The zero-order chi connectivity index (χ0) is 7.70. The monoisotopic (exact) mass is 126 g/mol. The van der Waals surface area contributed by atoms with Crippen molar-refractivity contribution in [3.8, 4) is 0 Å². The molecule has 0 aromatic carbocycles. The Morgan fingerprint density at radius 2 is 2.00 bits per heavy atom. The summed E-state index contributed by atoms with van der Waals surface area (Å²) >= 11 is 0. The van der Waals surface area contributed by atoms with Gasteiger partial charge in [0.2, 0.25) is 0 Å². The molecule has 2 heteroatoms. The summed E-state index contributed by atoms with van der Waals surface area (Å²) in [5.41, 5.74) is 7.25. The molecule has 1 N–H and O–H groups in total. The van der Waals surface area contributed by atoms with Crippen molar-refractivity contribution in [2.45, 2.75) is 20.8 Å². The van der Waals surface area contributed by atoms with Crippen molar-refractivity contribution in [3.63, 3.8) is 0 Å². The molecule has 52 valence electrons. The lowest BCUT2D eigenvalue weighted by Gasteiger charge is -1.78. The highest BCUT2D eigenvalue weighted by Crippen LogP contribution is 1.90. The summed E-state index contributed by atoms with van der Waals surface area (Å²) in [6.45, 7) is 9.31. The zero-order valence-corrected chi connectivity index (χ0v) is 6.31. The smallest absolute Gasteiger partial charge is 0.0517 e. The maximum atomic E-state index is 6.34. The molecule has 0 radical (unpaired) electrons. The van der Waals surface area contributed by atoms with Crippen LogP contribution in [-0.2, 0) is 0 Å². The highest BCUT2D eigenvalue weighted by atomic mass is 14.9. The number of hydrogen-bond donors (Lipinski definition) is 1. The largest absolute Gasteiger partial charge is 0.205 e. The van der Waals surface area contributed by atoms with E-state index in [1.165, 1.54) is 6.20 Å². The molecule has 0 fully saturated rings. The van der Waals surface area contributed by atoms with Crippen LogP contribution in [0.4, 0.5) is 0 Å². The third-order valence-corrected chi connectivity index (χ3v) is 0.590. The van der Waals surface area contributed by atoms with Crippen molar-refractivity contribution in [2.24, 2.45) is 5.11 Å². The number of allylic oxidation sites excluding steroid dienone is 2. The predicted molar refractivity (Wildman–Crippen MR) is 40.4 cm³/mol. The first-order valence-electron chi connectivity index (χ1n) is 2.97. The number of rotatable bonds is 2. The van der Waals surface area contributed by atoms with Crippen LogP contribution in [0.5, 0.6) is 0 Å². The highest BCUT2D eigenvalue weighted by Gasteiger charge is 1.70. The first-order valence-corrected chi connectivity index (χ1v) is 2.97. The fraction of sp³-hybridized carbons (Fsp3) is 0.429. The molecule has 0 amide bonds. The summed E-state index contributed by atoms with van der Waals surface area (Å²) in [7, 11) is 0. The summed E-state index contributed by atoms with van der Waals surface area (Å²) < 4.78 is 0. The third-order valence-electron chi connectivity index (χ3n) is 0.590. The SMILES string of the molecule is C=C/C(C)=C\N=N.CC. The van der Waals surface area contributed by atoms with Gasteiger partial charge in [0.15, 0.2) is 0 Å². The second-order valence-corrected chi connectivity index (χ2v) is 1.21. The van der Waals surface area contributed by atoms with E-state index in [1.54, 1.807) is 6.08 Å². The van der Waals surface area contributed by atoms with E-state index in [2.05, 4.69) is 11.7 Å². The molecule has 0 atom stereocenters. The van der Waals surface area contributed by atoms with Crippen LogP contribution in [0.15, 0.2) is 29.5 Å². The molecular formula is C7H14N2. The lowest BCUT2D eigenvalue weighted by atomic mass is 10.3. The van der Waals surface area contributed by atoms with Gasteiger partial charge in [-0.15, -0.1) is 0 Å². The molecule has 0 rings (SSSR count). The van der Waals surface area contributed by atoms with Crippen LogP contribution >= 0.6 is 0 Å². The second-order valence-electron chi connectivity index (χ2n) is 1.21. The van der Waals surface area contributed by atoms with Crippen molar-refractivity contribution >= 4 is 0 Å². The number of hydrogen-bond acceptors (Lipinski definition) is 2. The standard InChI is InChI=1S/C5H8N2.C2H6/c1-3-5(2)4-7-6;1-2/h3-4,6H,1H2,2H3;1-2H3/b5-4-,7-6?;. The van der Waals surface area contributed by atoms with E-state index >= 15 is 0 Å². The molecule has 0 aromatic rings. The Morgan fingerprint density at radius 1 is 1.56 bits per heavy atom. The average molecular weight is 126 g/mol. The number of nitrogens with one attached hydrogen (secondary N) is 1. The van der Waals surface area contributed by atoms with E-state index in [-0.39, 0.29) is 0 Å². The van der Waals surface area contributed by atoms with Crippen LogP contribution in [0.3, 0.4) is 0 Å². The van der Waals surface area contributed by atoms with E-state index < -0.39 is 0 Å². The van der Waals surface area contributed by atoms with Crippen LogP contribution in [0.1, 0.15) is 20.8 Å². The average Bonchev–Trinajstić information content (AvgIpc) is 1.93. The Balaban J connectivity index is 0. The fourth-order valence-corrected chi connectivity index (χ4v) is 0.155. The van der Waals surface area contributed by atoms with Crippen LogP contribution in [0.2, 0.25) is 0 Å². The van der Waals surface area contributed by atoms with Gasteiger partial charge in [-0.25, -0.2) is 5.53 Å². The first kappa shape index (κ1) is 11.0. The maximum Gasteiger partial charge on any atom is 0.0517 e. The topological polar surface area (TPSA) is 36.2 Å². The molecule has 0 aliphatic rings. The number of nitrogens with zero attached hydrogens (tertiary/aromatic N) is 1. The van der Waals surface area contributed by atoms with Crippen molar-refractivity contribution in [1.29, 1.82) is 5.53 Å². The van der Waals surface area contributed by atoms with Crippen LogP contribution in [-0.4, -0.2) is 0 Å². The minimum absolute atomic E-state index is 0.912. The van der Waals surface area contributed by atoms with Gasteiger partial charge in [0.25, 0.3) is 0 Å². The van der Waals surface area contributed by atoms with Gasteiger partial charge in [-0.05, 0) is 12.5 Å². The van der Waals surface area contributed by atoms with Gasteiger partial charge in [0.05, 0.1) is 6.20 Å². The van der Waals surface area contributed by atoms with E-state index in [1.807, 2.05) is 20.8 Å². The van der Waals surface area contributed by atoms with E-state index in [0.29, 0.717) is 0 Å². The molecule has 0 bridgehead atoms. The van der Waals surface area contributed by atoms with Crippen LogP contribution in [0, 0.1) is 5.53 Å². The van der Waals surface area contributed by atoms with Gasteiger partial charge in [-0.3, -0.25) is 0 Å². The second kappa shape index (κ2) is 10.1. The normalized spacial score (nSPS) is 9.00. The lowest BCUT2D eigenvalue weighted by Crippen LogP contribution is -1.58. The van der Waals surface area contributed by atoms with Gasteiger partial charge in [0.1, 0.15) is 0 Å². The van der Waals surface area contributed by atoms with Crippen molar-refractivity contribution < 1.29 is 0 Å². The van der Waals surface area contributed by atoms with Gasteiger partial charge < -0.3 is 0 Å². The Hall–Kier alpha value is -0.920. The Labute approximate surface area is 56.8 Å². The summed E-state index contributed by atoms with van der Waals surface area (Å²) in [6, 6.07) is 0. The molecule has 0 aliphatic heterocycles. The van der Waals surface area contributed by atoms with E-state index in [9.17, 15) is 0 Å². The van der Waals surface area contributed by atoms with Gasteiger partial charge in [0, 0.05) is 0 Å². The molecular weight excluding hydrogens is 112 g/mol. The van der Waals surface area contributed by atoms with Crippen LogP contribution in [0.25, 0.3) is 0 Å². The van der Waals surface area contributed by atoms with Crippen molar-refractivity contribution in [1.82, 2.24) is 0 Å². The van der Waals surface area contributed by atoms with Crippen molar-refractivity contribution in [2.75, 3.05) is 0 Å². The third kappa shape index (κ3) is 11.0. The van der Waals surface area contributed by atoms with Gasteiger partial charge in [-0.2, -0.15) is 5.11 Å². The van der Waals surface area contributed by atoms with Gasteiger partial charge in [-0.1, -0.05) is 26.5 Å². The fourth-order valence-electron chi connectivity index (χ4n) is 0.155. The van der Waals surface area contributed by atoms with E-state index in [4.69, 9.17) is 5.53 Å². The Morgan fingerprint density at radius 3 is 2.11 bits per heavy atom. The molecule has 0 spiro atoms. The molecule has 2 nitrogen and oxygen atoms in total. The minimum Gasteiger partial charge on any atom is -0.205 e. The molecule has 0 heterocycles. The molecule has 9 heavy (non-hydrogen) atoms. The molecule has 0 unspecified atom stereocenters. The molecule has 0 aromatic heterocycles. The summed E-state index contributed by atoms with van der Waals surface area (Å²) in [5.74, 6) is 0. The molecule has 0 saturated heterocycles. The summed E-state index contributed by atoms with van der Waals surface area (Å²) in [4.78, 5) is 0. The highest BCUT2D eigenvalue weighted by molar-refractivity contribution is 5.10. The zero-order valence-electron chi connectivity index (χ0n) is 6.31. The first-order chi connectivity index (χ1) is 4.31. The summed E-state index contributed by atoms with van der Waals surface area (Å²) in [6.07, 6.45) is 3.09. The minimum atomic E-state index is 0.912.